The molecule has 1 aliphatic rings. The van der Waals surface area contributed by atoms with Gasteiger partial charge in [0.2, 0.25) is 0 Å². The van der Waals surface area contributed by atoms with Gasteiger partial charge in [0.05, 0.1) is 6.10 Å². The lowest BCUT2D eigenvalue weighted by molar-refractivity contribution is 0.00312. The molecule has 2 rings (SSSR count). The summed E-state index contributed by atoms with van der Waals surface area (Å²) in [6, 6.07) is 4.13. The van der Waals surface area contributed by atoms with E-state index in [1.807, 2.05) is 0 Å². The van der Waals surface area contributed by atoms with Crippen molar-refractivity contribution in [1.29, 1.82) is 0 Å². The number of aliphatic hydroxyl groups is 1. The van der Waals surface area contributed by atoms with E-state index in [4.69, 9.17) is 5.73 Å². The fourth-order valence-corrected chi connectivity index (χ4v) is 3.75. The van der Waals surface area contributed by atoms with Crippen molar-refractivity contribution in [3.8, 4) is 0 Å². The second-order valence-corrected chi connectivity index (χ2v) is 6.30. The van der Waals surface area contributed by atoms with Crippen LogP contribution in [0.25, 0.3) is 0 Å². The summed E-state index contributed by atoms with van der Waals surface area (Å²) in [6.07, 6.45) is 5.48. The molecule has 0 aromatic carbocycles. The van der Waals surface area contributed by atoms with Crippen LogP contribution in [0.5, 0.6) is 0 Å². The van der Waals surface area contributed by atoms with Crippen molar-refractivity contribution >= 4 is 11.3 Å². The lowest BCUT2D eigenvalue weighted by atomic mass is 9.70. The molecule has 0 aliphatic heterocycles. The number of hydrogen-bond donors (Lipinski definition) is 2. The number of nitrogens with two attached hydrogens (primary N) is 1. The average molecular weight is 239 g/mol. The summed E-state index contributed by atoms with van der Waals surface area (Å²) in [4.78, 5) is 2.35. The van der Waals surface area contributed by atoms with Crippen LogP contribution in [0.15, 0.2) is 12.1 Å². The predicted octanol–water partition coefficient (Wildman–Crippen LogP) is 3.00. The number of aryl methyl sites for hydroxylation is 1. The summed E-state index contributed by atoms with van der Waals surface area (Å²) in [5, 5.41) is 10.5. The molecule has 2 nitrogen and oxygen atoms in total. The number of thiophene rings is 1. The molecular formula is C13H21NOS. The highest BCUT2D eigenvalue weighted by Gasteiger charge is 2.39. The maximum absolute atomic E-state index is 10.5. The molecule has 0 bridgehead atoms. The van der Waals surface area contributed by atoms with Gasteiger partial charge in [0.1, 0.15) is 0 Å². The maximum atomic E-state index is 10.5. The average Bonchev–Trinajstić information content (AvgIpc) is 2.76. The van der Waals surface area contributed by atoms with Gasteiger partial charge in [-0.1, -0.05) is 19.3 Å². The molecule has 0 radical (unpaired) electrons. The first-order valence-corrected chi connectivity index (χ1v) is 6.94. The Morgan fingerprint density at radius 3 is 2.56 bits per heavy atom. The minimum Gasteiger partial charge on any atom is -0.387 e. The second-order valence-electron chi connectivity index (χ2n) is 4.98. The molecule has 0 spiro atoms. The van der Waals surface area contributed by atoms with E-state index in [0.717, 1.165) is 17.7 Å². The van der Waals surface area contributed by atoms with E-state index in [9.17, 15) is 5.11 Å². The number of hydrogen-bond acceptors (Lipinski definition) is 3. The Hall–Kier alpha value is -0.380. The van der Waals surface area contributed by atoms with Crippen molar-refractivity contribution < 1.29 is 5.11 Å². The van der Waals surface area contributed by atoms with Gasteiger partial charge in [-0.2, -0.15) is 0 Å². The zero-order chi connectivity index (χ0) is 11.6. The summed E-state index contributed by atoms with van der Waals surface area (Å²) in [6.45, 7) is 2.68. The smallest absolute Gasteiger partial charge is 0.0950 e. The van der Waals surface area contributed by atoms with Crippen LogP contribution in [0, 0.1) is 12.3 Å². The van der Waals surface area contributed by atoms with Crippen LogP contribution in [0.3, 0.4) is 0 Å². The molecule has 1 aromatic rings. The first-order chi connectivity index (χ1) is 7.68. The largest absolute Gasteiger partial charge is 0.387 e. The highest BCUT2D eigenvalue weighted by Crippen LogP contribution is 2.46. The molecule has 1 unspecified atom stereocenters. The van der Waals surface area contributed by atoms with Gasteiger partial charge in [0.25, 0.3) is 0 Å². The minimum absolute atomic E-state index is 0.0600. The van der Waals surface area contributed by atoms with Crippen LogP contribution in [0.1, 0.15) is 48.0 Å². The predicted molar refractivity (Wildman–Crippen MR) is 68.6 cm³/mol. The van der Waals surface area contributed by atoms with E-state index >= 15 is 0 Å². The summed E-state index contributed by atoms with van der Waals surface area (Å²) < 4.78 is 0. The topological polar surface area (TPSA) is 46.2 Å². The molecule has 3 N–H and O–H groups in total. The quantitative estimate of drug-likeness (QED) is 0.851. The molecule has 1 fully saturated rings. The van der Waals surface area contributed by atoms with Gasteiger partial charge in [-0.05, 0) is 31.9 Å². The van der Waals surface area contributed by atoms with E-state index in [1.54, 1.807) is 11.3 Å². The maximum Gasteiger partial charge on any atom is 0.0950 e. The second kappa shape index (κ2) is 4.86. The number of aliphatic hydroxyl groups excluding tert-OH is 1. The van der Waals surface area contributed by atoms with Gasteiger partial charge in [-0.15, -0.1) is 11.3 Å². The molecule has 90 valence electrons. The summed E-state index contributed by atoms with van der Waals surface area (Å²) in [5.41, 5.74) is 5.87. The molecule has 0 saturated heterocycles. The molecule has 3 heteroatoms. The third-order valence-electron chi connectivity index (χ3n) is 3.87. The van der Waals surface area contributed by atoms with Crippen molar-refractivity contribution in [2.24, 2.45) is 11.1 Å². The molecule has 16 heavy (non-hydrogen) atoms. The van der Waals surface area contributed by atoms with Crippen molar-refractivity contribution in [1.82, 2.24) is 0 Å². The summed E-state index contributed by atoms with van der Waals surface area (Å²) in [7, 11) is 0. The Morgan fingerprint density at radius 1 is 1.38 bits per heavy atom. The molecule has 1 saturated carbocycles. The van der Waals surface area contributed by atoms with Crippen LogP contribution in [0.2, 0.25) is 0 Å². The summed E-state index contributed by atoms with van der Waals surface area (Å²) >= 11 is 1.70. The van der Waals surface area contributed by atoms with Gasteiger partial charge in [-0.3, -0.25) is 0 Å². The van der Waals surface area contributed by atoms with Crippen molar-refractivity contribution in [2.45, 2.75) is 45.1 Å². The lowest BCUT2D eigenvalue weighted by Crippen LogP contribution is -2.38. The molecule has 1 aliphatic carbocycles. The van der Waals surface area contributed by atoms with Gasteiger partial charge in [0.15, 0.2) is 0 Å². The van der Waals surface area contributed by atoms with Crippen molar-refractivity contribution in [3.63, 3.8) is 0 Å². The van der Waals surface area contributed by atoms with E-state index in [-0.39, 0.29) is 11.5 Å². The third kappa shape index (κ3) is 2.17. The van der Waals surface area contributed by atoms with E-state index in [0.29, 0.717) is 6.54 Å². The Balaban J connectivity index is 2.20. The van der Waals surface area contributed by atoms with Gasteiger partial charge in [-0.25, -0.2) is 0 Å². The lowest BCUT2D eigenvalue weighted by Gasteiger charge is -2.39. The molecule has 1 heterocycles. The Labute approximate surface area is 101 Å². The van der Waals surface area contributed by atoms with Crippen LogP contribution in [-0.4, -0.2) is 11.7 Å². The zero-order valence-electron chi connectivity index (χ0n) is 9.91. The fourth-order valence-electron chi connectivity index (χ4n) is 2.75. The van der Waals surface area contributed by atoms with Gasteiger partial charge >= 0.3 is 0 Å². The van der Waals surface area contributed by atoms with Gasteiger partial charge in [0, 0.05) is 21.7 Å². The van der Waals surface area contributed by atoms with Gasteiger partial charge < -0.3 is 10.8 Å². The van der Waals surface area contributed by atoms with E-state index in [1.165, 1.54) is 24.1 Å². The standard InChI is InChI=1S/C13H21NOS/c1-10-5-6-11(16-10)12(15)13(9-14)7-3-2-4-8-13/h5-6,12,15H,2-4,7-9,14H2,1H3. The van der Waals surface area contributed by atoms with E-state index in [2.05, 4.69) is 19.1 Å². The molecule has 1 aromatic heterocycles. The summed E-state index contributed by atoms with van der Waals surface area (Å²) in [5.74, 6) is 0. The Morgan fingerprint density at radius 2 is 2.06 bits per heavy atom. The van der Waals surface area contributed by atoms with Crippen molar-refractivity contribution in [3.05, 3.63) is 21.9 Å². The SMILES string of the molecule is Cc1ccc(C(O)C2(CN)CCCCC2)s1. The van der Waals surface area contributed by atoms with Crippen LogP contribution in [-0.2, 0) is 0 Å². The first kappa shape index (κ1) is 12.1. The highest BCUT2D eigenvalue weighted by atomic mass is 32.1. The molecular weight excluding hydrogens is 218 g/mol. The Bertz CT molecular complexity index is 341. The zero-order valence-corrected chi connectivity index (χ0v) is 10.7. The molecule has 1 atom stereocenters. The normalized spacial score (nSPS) is 21.9. The molecule has 0 amide bonds. The van der Waals surface area contributed by atoms with Crippen molar-refractivity contribution in [2.75, 3.05) is 6.54 Å². The number of rotatable bonds is 3. The minimum atomic E-state index is -0.364. The monoisotopic (exact) mass is 239 g/mol. The van der Waals surface area contributed by atoms with Crippen LogP contribution < -0.4 is 5.73 Å². The fraction of sp³-hybridized carbons (Fsp3) is 0.692. The highest BCUT2D eigenvalue weighted by molar-refractivity contribution is 7.12. The third-order valence-corrected chi connectivity index (χ3v) is 4.92. The van der Waals surface area contributed by atoms with E-state index < -0.39 is 0 Å². The Kier molecular flexibility index (Phi) is 3.67. The van der Waals surface area contributed by atoms with Crippen LogP contribution >= 0.6 is 11.3 Å². The first-order valence-electron chi connectivity index (χ1n) is 6.12. The van der Waals surface area contributed by atoms with Crippen LogP contribution in [0.4, 0.5) is 0 Å².